The van der Waals surface area contributed by atoms with Crippen molar-refractivity contribution in [2.24, 2.45) is 23.3 Å². The van der Waals surface area contributed by atoms with Gasteiger partial charge in [0.1, 0.15) is 54.4 Å². The molecule has 3 rings (SSSR count). The summed E-state index contributed by atoms with van der Waals surface area (Å²) in [4.78, 5) is 174. The number of carboxylic acid groups (broad SMARTS) is 1. The van der Waals surface area contributed by atoms with Crippen molar-refractivity contribution in [3.63, 3.8) is 0 Å². The van der Waals surface area contributed by atoms with E-state index in [0.717, 1.165) is 0 Å². The van der Waals surface area contributed by atoms with Gasteiger partial charge in [-0.1, -0.05) is 34.1 Å². The zero-order valence-electron chi connectivity index (χ0n) is 47.1. The van der Waals surface area contributed by atoms with Gasteiger partial charge in [-0.25, -0.2) is 4.79 Å². The minimum Gasteiger partial charge on any atom is -0.480 e. The van der Waals surface area contributed by atoms with E-state index in [4.69, 9.17) is 16.9 Å². The molecule has 11 atom stereocenters. The van der Waals surface area contributed by atoms with E-state index in [0.29, 0.717) is 32.1 Å². The van der Waals surface area contributed by atoms with Crippen molar-refractivity contribution in [3.8, 4) is 0 Å². The fourth-order valence-electron chi connectivity index (χ4n) is 9.24. The Kier molecular flexibility index (Phi) is 27.1. The summed E-state index contributed by atoms with van der Waals surface area (Å²) in [6.45, 7) is 9.42. The van der Waals surface area contributed by atoms with Crippen LogP contribution >= 0.6 is 0 Å². The van der Waals surface area contributed by atoms with Crippen molar-refractivity contribution >= 4 is 82.8 Å². The Bertz CT molecular complexity index is 2320. The van der Waals surface area contributed by atoms with Crippen molar-refractivity contribution in [1.29, 1.82) is 5.41 Å². The van der Waals surface area contributed by atoms with Crippen LogP contribution in [0.5, 0.6) is 0 Å². The summed E-state index contributed by atoms with van der Waals surface area (Å²) in [6.07, 6.45) is 1.65. The van der Waals surface area contributed by atoms with Gasteiger partial charge >= 0.3 is 5.97 Å². The van der Waals surface area contributed by atoms with Gasteiger partial charge in [-0.3, -0.25) is 62.9 Å². The molecule has 3 aliphatic heterocycles. The molecule has 0 bridgehead atoms. The second-order valence-corrected chi connectivity index (χ2v) is 20.9. The maximum Gasteiger partial charge on any atom is 0.326 e. The van der Waals surface area contributed by atoms with E-state index < -0.39 is 175 Å². The van der Waals surface area contributed by atoms with Gasteiger partial charge in [0.25, 0.3) is 0 Å². The van der Waals surface area contributed by atoms with E-state index in [1.807, 2.05) is 0 Å². The first kappa shape index (κ1) is 67.6. The third kappa shape index (κ3) is 20.7. The van der Waals surface area contributed by atoms with Gasteiger partial charge in [0.05, 0.1) is 32.3 Å². The first-order valence-electron chi connectivity index (χ1n) is 27.3. The molecule has 17 N–H and O–H groups in total. The predicted molar refractivity (Wildman–Crippen MR) is 288 cm³/mol. The standard InChI is InChI=1S/C50H84N16O15/c1-8-26(4)40(63-45(76)33-16-12-20-66(33)35(69)22-56-41(72)27(5)60-43(74)31-14-10-18-64(31)36(70)23-57-46(77)38(51)29(7)67)48(79)58-24-37(71)65-19-11-15-32(65)44(75)62-39(25(2)3)47(78)55-21-34(68)59-28(6)42(73)61-30(49(80)81)13-9-17-54-50(52)53/h25-33,38-40,67H,8-24,51H2,1-7H3,(H,55,78)(H,56,72)(H,57,77)(H,58,79)(H,59,68)(H,60,74)(H,61,73)(H,62,75)(H,63,76)(H,80,81)(H4,52,53,54)/t26-,27-,28-,29+,30-,31-,32-,33-,38-,39-,40-/m0/s1. The Morgan fingerprint density at radius 2 is 0.975 bits per heavy atom. The van der Waals surface area contributed by atoms with E-state index >= 15 is 0 Å². The number of aliphatic hydroxyl groups excluding tert-OH is 1. The van der Waals surface area contributed by atoms with E-state index in [9.17, 15) is 72.5 Å². The van der Waals surface area contributed by atoms with Crippen LogP contribution in [0, 0.1) is 17.2 Å². The van der Waals surface area contributed by atoms with Gasteiger partial charge in [0.2, 0.25) is 70.9 Å². The molecule has 3 aliphatic rings. The highest BCUT2D eigenvalue weighted by Crippen LogP contribution is 2.21. The summed E-state index contributed by atoms with van der Waals surface area (Å²) >= 11 is 0. The molecule has 31 heteroatoms. The highest BCUT2D eigenvalue weighted by molar-refractivity contribution is 5.98. The van der Waals surface area contributed by atoms with Gasteiger partial charge in [-0.05, 0) is 84.0 Å². The monoisotopic (exact) mass is 1150 g/mol. The molecule has 0 unspecified atom stereocenters. The summed E-state index contributed by atoms with van der Waals surface area (Å²) < 4.78 is 0. The molecule has 3 heterocycles. The molecule has 81 heavy (non-hydrogen) atoms. The number of carbonyl (C=O) groups is 13. The van der Waals surface area contributed by atoms with Crippen LogP contribution in [0.2, 0.25) is 0 Å². The zero-order valence-corrected chi connectivity index (χ0v) is 47.1. The largest absolute Gasteiger partial charge is 0.480 e. The fourth-order valence-corrected chi connectivity index (χ4v) is 9.24. The third-order valence-electron chi connectivity index (χ3n) is 14.3. The molecule has 12 amide bonds. The highest BCUT2D eigenvalue weighted by atomic mass is 16.4. The lowest BCUT2D eigenvalue weighted by molar-refractivity contribution is -0.142. The number of guanidine groups is 1. The van der Waals surface area contributed by atoms with Crippen molar-refractivity contribution in [1.82, 2.24) is 67.9 Å². The van der Waals surface area contributed by atoms with Gasteiger partial charge in [0, 0.05) is 26.2 Å². The molecular weight excluding hydrogens is 1060 g/mol. The molecule has 0 radical (unpaired) electrons. The summed E-state index contributed by atoms with van der Waals surface area (Å²) in [5, 5.41) is 51.2. The summed E-state index contributed by atoms with van der Waals surface area (Å²) in [5.74, 6) is -10.8. The molecule has 0 aliphatic carbocycles. The fraction of sp³-hybridized carbons (Fsp3) is 0.720. The number of aliphatic carboxylic acids is 1. The summed E-state index contributed by atoms with van der Waals surface area (Å²) in [6, 6.07) is -10.2. The number of hydrogen-bond donors (Lipinski definition) is 15. The number of nitrogens with one attached hydrogen (secondary N) is 11. The maximum atomic E-state index is 13.8. The van der Waals surface area contributed by atoms with Crippen molar-refractivity contribution in [3.05, 3.63) is 0 Å². The number of likely N-dealkylation sites (tertiary alicyclic amines) is 3. The number of nitrogens with two attached hydrogens (primary N) is 2. The minimum absolute atomic E-state index is 0.00679. The zero-order chi connectivity index (χ0) is 60.8. The van der Waals surface area contributed by atoms with Crippen molar-refractivity contribution in [2.45, 2.75) is 167 Å². The summed E-state index contributed by atoms with van der Waals surface area (Å²) in [5.41, 5.74) is 10.8. The smallest absolute Gasteiger partial charge is 0.326 e. The summed E-state index contributed by atoms with van der Waals surface area (Å²) in [7, 11) is 0. The Morgan fingerprint density at radius 1 is 0.556 bits per heavy atom. The van der Waals surface area contributed by atoms with E-state index in [1.54, 1.807) is 27.7 Å². The number of aliphatic hydroxyl groups is 1. The number of amides is 12. The maximum absolute atomic E-state index is 13.8. The van der Waals surface area contributed by atoms with Gasteiger partial charge < -0.3 is 89.5 Å². The lowest BCUT2D eigenvalue weighted by Crippen LogP contribution is -2.58. The van der Waals surface area contributed by atoms with Gasteiger partial charge in [-0.2, -0.15) is 0 Å². The molecule has 0 aromatic heterocycles. The van der Waals surface area contributed by atoms with E-state index in [2.05, 4.69) is 53.2 Å². The van der Waals surface area contributed by atoms with Crippen LogP contribution in [0.1, 0.15) is 106 Å². The molecule has 0 aromatic rings. The van der Waals surface area contributed by atoms with Crippen LogP contribution < -0.4 is 64.6 Å². The molecule has 3 fully saturated rings. The Morgan fingerprint density at radius 3 is 1.42 bits per heavy atom. The van der Waals surface area contributed by atoms with Crippen LogP contribution in [-0.2, 0) is 62.3 Å². The molecular formula is C50H84N16O15. The second-order valence-electron chi connectivity index (χ2n) is 20.9. The molecule has 0 spiro atoms. The second kappa shape index (κ2) is 32.5. The van der Waals surface area contributed by atoms with Crippen LogP contribution in [0.15, 0.2) is 0 Å². The lowest BCUT2D eigenvalue weighted by atomic mass is 9.97. The lowest BCUT2D eigenvalue weighted by Gasteiger charge is -2.29. The minimum atomic E-state index is -1.31. The SMILES string of the molecule is CC[C@H](C)[C@H](NC(=O)[C@@H]1CCCN1C(=O)CNC(=O)[C@H](C)NC(=O)[C@@H]1CCCN1C(=O)CNC(=O)[C@@H](N)[C@@H](C)O)C(=O)NCC(=O)N1CCC[C@H]1C(=O)N[C@H](C(=O)NCC(=O)N[C@@H](C)C(=O)N[C@@H](CCCNC(=N)N)C(=O)O)C(C)C. The number of carbonyl (C=O) groups excluding carboxylic acids is 12. The first-order valence-corrected chi connectivity index (χ1v) is 27.3. The number of carboxylic acids is 1. The van der Waals surface area contributed by atoms with E-state index in [1.165, 1.54) is 35.5 Å². The molecule has 31 nitrogen and oxygen atoms in total. The Labute approximate surface area is 469 Å². The molecule has 0 saturated carbocycles. The first-order chi connectivity index (χ1) is 38.1. The topological polar surface area (TPSA) is 468 Å². The third-order valence-corrected chi connectivity index (χ3v) is 14.3. The van der Waals surface area contributed by atoms with Crippen LogP contribution in [0.25, 0.3) is 0 Å². The molecule has 0 aromatic carbocycles. The number of nitrogens with zero attached hydrogens (tertiary/aromatic N) is 3. The predicted octanol–water partition coefficient (Wildman–Crippen LogP) is -6.35. The van der Waals surface area contributed by atoms with E-state index in [-0.39, 0.29) is 57.8 Å². The Hall–Kier alpha value is -7.70. The number of rotatable bonds is 30. The van der Waals surface area contributed by atoms with Crippen LogP contribution in [0.4, 0.5) is 0 Å². The average molecular weight is 1150 g/mol. The van der Waals surface area contributed by atoms with Gasteiger partial charge in [0.15, 0.2) is 5.96 Å². The van der Waals surface area contributed by atoms with Crippen molar-refractivity contribution in [2.75, 3.05) is 52.4 Å². The van der Waals surface area contributed by atoms with Gasteiger partial charge in [-0.15, -0.1) is 0 Å². The normalized spacial score (nSPS) is 19.7. The molecule has 454 valence electrons. The Balaban J connectivity index is 1.50. The molecule has 3 saturated heterocycles. The van der Waals surface area contributed by atoms with Crippen molar-refractivity contribution < 1.29 is 72.5 Å². The van der Waals surface area contributed by atoms with Crippen LogP contribution in [0.3, 0.4) is 0 Å². The quantitative estimate of drug-likeness (QED) is 0.0181. The van der Waals surface area contributed by atoms with Crippen LogP contribution in [-0.4, -0.2) is 221 Å². The number of hydrogen-bond acceptors (Lipinski definition) is 16. The average Bonchev–Trinajstić information content (AvgIpc) is 4.31. The highest BCUT2D eigenvalue weighted by Gasteiger charge is 2.40.